The lowest BCUT2D eigenvalue weighted by Crippen LogP contribution is -2.29. The number of hydrogen-bond donors (Lipinski definition) is 1. The Labute approximate surface area is 151 Å². The summed E-state index contributed by atoms with van der Waals surface area (Å²) in [6.07, 6.45) is 7.72. The molecule has 0 spiro atoms. The van der Waals surface area contributed by atoms with Crippen molar-refractivity contribution in [3.8, 4) is 0 Å². The van der Waals surface area contributed by atoms with Gasteiger partial charge in [-0.15, -0.1) is 11.8 Å². The van der Waals surface area contributed by atoms with Gasteiger partial charge in [0.25, 0.3) is 0 Å². The van der Waals surface area contributed by atoms with Crippen molar-refractivity contribution in [2.45, 2.75) is 23.3 Å². The van der Waals surface area contributed by atoms with Crippen molar-refractivity contribution in [2.24, 2.45) is 5.92 Å². The minimum absolute atomic E-state index is 0.259. The molecule has 1 heterocycles. The first-order valence-electron chi connectivity index (χ1n) is 7.74. The van der Waals surface area contributed by atoms with E-state index in [9.17, 15) is 0 Å². The fourth-order valence-electron chi connectivity index (χ4n) is 3.77. The van der Waals surface area contributed by atoms with Crippen LogP contribution < -0.4 is 5.32 Å². The highest BCUT2D eigenvalue weighted by Gasteiger charge is 2.39. The van der Waals surface area contributed by atoms with E-state index >= 15 is 0 Å². The second kappa shape index (κ2) is 6.08. The predicted octanol–water partition coefficient (Wildman–Crippen LogP) is 6.54. The lowest BCUT2D eigenvalue weighted by atomic mass is 9.77. The molecule has 0 aromatic heterocycles. The highest BCUT2D eigenvalue weighted by atomic mass is 35.5. The smallest absolute Gasteiger partial charge is 0.0641 e. The number of thioether (sulfide) groups is 1. The molecular formula is C19H17Cl2NS. The van der Waals surface area contributed by atoms with Gasteiger partial charge in [-0.05, 0) is 48.4 Å². The highest BCUT2D eigenvalue weighted by Crippen LogP contribution is 2.53. The van der Waals surface area contributed by atoms with Crippen LogP contribution in [0.4, 0.5) is 5.69 Å². The number of allylic oxidation sites excluding steroid dienone is 2. The number of benzene rings is 2. The van der Waals surface area contributed by atoms with E-state index in [-0.39, 0.29) is 6.04 Å². The van der Waals surface area contributed by atoms with Crippen molar-refractivity contribution >= 4 is 40.7 Å². The summed E-state index contributed by atoms with van der Waals surface area (Å²) in [6, 6.07) is 12.9. The second-order valence-corrected chi connectivity index (χ2v) is 7.76. The van der Waals surface area contributed by atoms with Crippen LogP contribution in [0.3, 0.4) is 0 Å². The molecule has 0 radical (unpaired) electrons. The maximum Gasteiger partial charge on any atom is 0.0641 e. The molecule has 2 aromatic carbocycles. The van der Waals surface area contributed by atoms with Gasteiger partial charge in [-0.25, -0.2) is 0 Å². The molecular weight excluding hydrogens is 345 g/mol. The Balaban J connectivity index is 1.79. The third-order valence-electron chi connectivity index (χ3n) is 4.89. The fraction of sp³-hybridized carbons (Fsp3) is 0.263. The van der Waals surface area contributed by atoms with Crippen molar-refractivity contribution in [1.82, 2.24) is 0 Å². The molecule has 4 heteroatoms. The van der Waals surface area contributed by atoms with E-state index in [1.807, 2.05) is 12.1 Å². The summed E-state index contributed by atoms with van der Waals surface area (Å²) in [6.45, 7) is 0. The number of anilines is 1. The zero-order chi connectivity index (χ0) is 16.0. The molecule has 23 heavy (non-hydrogen) atoms. The summed E-state index contributed by atoms with van der Waals surface area (Å²) in [7, 11) is 0. The molecule has 0 unspecified atom stereocenters. The van der Waals surface area contributed by atoms with Crippen LogP contribution in [-0.2, 0) is 0 Å². The third kappa shape index (κ3) is 2.57. The molecule has 1 nitrogen and oxygen atoms in total. The van der Waals surface area contributed by atoms with E-state index in [1.54, 1.807) is 11.8 Å². The van der Waals surface area contributed by atoms with Crippen molar-refractivity contribution in [2.75, 3.05) is 11.6 Å². The van der Waals surface area contributed by atoms with Gasteiger partial charge in [-0.2, -0.15) is 0 Å². The number of fused-ring (bicyclic) bond motifs is 3. The van der Waals surface area contributed by atoms with E-state index in [2.05, 4.69) is 48.0 Å². The monoisotopic (exact) mass is 361 g/mol. The minimum Gasteiger partial charge on any atom is -0.376 e. The zero-order valence-electron chi connectivity index (χ0n) is 12.7. The Morgan fingerprint density at radius 3 is 2.52 bits per heavy atom. The molecule has 0 saturated heterocycles. The lowest BCUT2D eigenvalue weighted by Gasteiger charge is -2.38. The summed E-state index contributed by atoms with van der Waals surface area (Å²) < 4.78 is 0. The first-order valence-corrected chi connectivity index (χ1v) is 9.72. The van der Waals surface area contributed by atoms with Gasteiger partial charge < -0.3 is 5.32 Å². The topological polar surface area (TPSA) is 12.0 Å². The Morgan fingerprint density at radius 1 is 1.04 bits per heavy atom. The maximum atomic E-state index is 6.48. The molecule has 0 saturated carbocycles. The van der Waals surface area contributed by atoms with Crippen LogP contribution in [0.5, 0.6) is 0 Å². The molecule has 0 bridgehead atoms. The number of rotatable bonds is 2. The molecule has 0 amide bonds. The highest BCUT2D eigenvalue weighted by molar-refractivity contribution is 7.98. The number of hydrogen-bond acceptors (Lipinski definition) is 2. The summed E-state index contributed by atoms with van der Waals surface area (Å²) in [5.41, 5.74) is 3.45. The van der Waals surface area contributed by atoms with Crippen LogP contribution >= 0.6 is 35.0 Å². The Bertz CT molecular complexity index is 770. The molecule has 0 fully saturated rings. The molecule has 2 aromatic rings. The third-order valence-corrected chi connectivity index (χ3v) is 6.28. The number of halogens is 2. The number of nitrogens with one attached hydrogen (secondary N) is 1. The summed E-state index contributed by atoms with van der Waals surface area (Å²) in [4.78, 5) is 1.28. The molecule has 1 aliphatic heterocycles. The van der Waals surface area contributed by atoms with Gasteiger partial charge in [-0.1, -0.05) is 47.5 Å². The summed E-state index contributed by atoms with van der Waals surface area (Å²) in [5, 5.41) is 5.21. The second-order valence-electron chi connectivity index (χ2n) is 6.07. The quantitative estimate of drug-likeness (QED) is 0.481. The molecule has 4 rings (SSSR count). The summed E-state index contributed by atoms with van der Waals surface area (Å²) in [5.74, 6) is 0.821. The largest absolute Gasteiger partial charge is 0.376 e. The molecule has 2 aliphatic rings. The molecule has 118 valence electrons. The van der Waals surface area contributed by atoms with Crippen molar-refractivity contribution in [3.05, 3.63) is 69.7 Å². The van der Waals surface area contributed by atoms with Crippen LogP contribution in [0.1, 0.15) is 29.5 Å². The first-order chi connectivity index (χ1) is 11.2. The van der Waals surface area contributed by atoms with Crippen molar-refractivity contribution in [1.29, 1.82) is 0 Å². The van der Waals surface area contributed by atoms with E-state index in [4.69, 9.17) is 23.2 Å². The van der Waals surface area contributed by atoms with Crippen molar-refractivity contribution in [3.63, 3.8) is 0 Å². The maximum absolute atomic E-state index is 6.48. The van der Waals surface area contributed by atoms with Gasteiger partial charge >= 0.3 is 0 Å². The fourth-order valence-corrected chi connectivity index (χ4v) is 4.68. The van der Waals surface area contributed by atoms with Gasteiger partial charge in [-0.3, -0.25) is 0 Å². The Hall–Kier alpha value is -1.09. The van der Waals surface area contributed by atoms with Gasteiger partial charge in [0.05, 0.1) is 16.8 Å². The van der Waals surface area contributed by atoms with Crippen LogP contribution in [0.15, 0.2) is 53.4 Å². The average molecular weight is 362 g/mol. The molecule has 3 atom stereocenters. The van der Waals surface area contributed by atoms with E-state index in [0.29, 0.717) is 11.8 Å². The normalized spacial score (nSPS) is 24.9. The van der Waals surface area contributed by atoms with Crippen molar-refractivity contribution < 1.29 is 0 Å². The zero-order valence-corrected chi connectivity index (χ0v) is 15.1. The Kier molecular flexibility index (Phi) is 4.08. The van der Waals surface area contributed by atoms with Crippen LogP contribution in [0, 0.1) is 5.92 Å². The van der Waals surface area contributed by atoms with Crippen LogP contribution in [0.2, 0.25) is 10.0 Å². The Morgan fingerprint density at radius 2 is 1.78 bits per heavy atom. The SMILES string of the molecule is CSc1ccc([C@@H]2Nc3c(Cl)ccc(Cl)c3[C@@H]3C=CC[C@@H]32)cc1. The average Bonchev–Trinajstić information content (AvgIpc) is 3.07. The van der Waals surface area contributed by atoms with Gasteiger partial charge in [0, 0.05) is 21.4 Å². The molecule has 1 aliphatic carbocycles. The first kappa shape index (κ1) is 15.4. The van der Waals surface area contributed by atoms with E-state index < -0.39 is 0 Å². The van der Waals surface area contributed by atoms with Gasteiger partial charge in [0.1, 0.15) is 0 Å². The molecule has 1 N–H and O–H groups in total. The van der Waals surface area contributed by atoms with Gasteiger partial charge in [0.15, 0.2) is 0 Å². The van der Waals surface area contributed by atoms with Crippen LogP contribution in [-0.4, -0.2) is 6.26 Å². The van der Waals surface area contributed by atoms with Crippen LogP contribution in [0.25, 0.3) is 0 Å². The van der Waals surface area contributed by atoms with E-state index in [0.717, 1.165) is 27.7 Å². The minimum atomic E-state index is 0.259. The predicted molar refractivity (Wildman–Crippen MR) is 101 cm³/mol. The standard InChI is InChI=1S/C19H17Cl2NS/c1-23-12-7-5-11(6-8-12)18-14-4-2-3-13(14)17-15(20)9-10-16(21)19(17)22-18/h2-3,5-10,13-14,18,22H,4H2,1H3/t13-,14+,18+/m1/s1. The van der Waals surface area contributed by atoms with E-state index in [1.165, 1.54) is 10.5 Å². The lowest BCUT2D eigenvalue weighted by molar-refractivity contribution is 0.425. The summed E-state index contributed by atoms with van der Waals surface area (Å²) >= 11 is 14.7. The van der Waals surface area contributed by atoms with Gasteiger partial charge in [0.2, 0.25) is 0 Å².